The molecule has 0 saturated heterocycles. The lowest BCUT2D eigenvalue weighted by molar-refractivity contribution is 0.304. The van der Waals surface area contributed by atoms with Crippen molar-refractivity contribution in [1.29, 1.82) is 0 Å². The Hall–Kier alpha value is -2.12. The van der Waals surface area contributed by atoms with Crippen molar-refractivity contribution in [3.63, 3.8) is 0 Å². The summed E-state index contributed by atoms with van der Waals surface area (Å²) in [6, 6.07) is 20.5. The van der Waals surface area contributed by atoms with Crippen LogP contribution in [0.4, 0.5) is 4.39 Å². The summed E-state index contributed by atoms with van der Waals surface area (Å²) in [5.41, 5.74) is 5.80. The van der Waals surface area contributed by atoms with E-state index in [2.05, 4.69) is 50.2 Å². The number of hydrogen-bond acceptors (Lipinski definition) is 0. The highest BCUT2D eigenvalue weighted by molar-refractivity contribution is 6.33. The van der Waals surface area contributed by atoms with Crippen LogP contribution in [-0.2, 0) is 6.42 Å². The van der Waals surface area contributed by atoms with Crippen LogP contribution in [0.3, 0.4) is 0 Å². The summed E-state index contributed by atoms with van der Waals surface area (Å²) in [4.78, 5) is 0. The average Bonchev–Trinajstić information content (AvgIpc) is 2.85. The number of benzene rings is 3. The molecule has 0 spiro atoms. The first-order valence-corrected chi connectivity index (χ1v) is 12.7. The second-order valence-electron chi connectivity index (χ2n) is 9.32. The molecule has 0 aromatic heterocycles. The molecule has 0 nitrogen and oxygen atoms in total. The van der Waals surface area contributed by atoms with E-state index < -0.39 is 0 Å². The Bertz CT molecular complexity index is 1010. The molecule has 3 aromatic rings. The summed E-state index contributed by atoms with van der Waals surface area (Å²) in [5.74, 6) is 1.22. The molecule has 0 N–H and O–H groups in total. The van der Waals surface area contributed by atoms with Gasteiger partial charge in [0.25, 0.3) is 0 Å². The van der Waals surface area contributed by atoms with Crippen LogP contribution in [0.15, 0.2) is 60.7 Å². The van der Waals surface area contributed by atoms with E-state index in [1.165, 1.54) is 56.1 Å². The standard InChI is InChI=1S/C30H34ClF/c1-3-5-6-22-9-11-23(12-10-22)24-15-17-26(18-16-24)28-20-19-27(29(31)30(28)32)25-13-7-21(4-2)8-14-25/h7-8,13-20,22-23H,3-6,9-12H2,1-2H3. The van der Waals surface area contributed by atoms with Gasteiger partial charge in [-0.1, -0.05) is 105 Å². The van der Waals surface area contributed by atoms with E-state index >= 15 is 4.39 Å². The molecule has 2 heteroatoms. The van der Waals surface area contributed by atoms with Crippen molar-refractivity contribution < 1.29 is 4.39 Å². The van der Waals surface area contributed by atoms with Gasteiger partial charge in [-0.2, -0.15) is 0 Å². The highest BCUT2D eigenvalue weighted by atomic mass is 35.5. The van der Waals surface area contributed by atoms with E-state index in [-0.39, 0.29) is 10.8 Å². The van der Waals surface area contributed by atoms with Gasteiger partial charge in [0.2, 0.25) is 0 Å². The highest BCUT2D eigenvalue weighted by Crippen LogP contribution is 2.39. The Kier molecular flexibility index (Phi) is 7.68. The predicted octanol–water partition coefficient (Wildman–Crippen LogP) is 9.84. The van der Waals surface area contributed by atoms with Gasteiger partial charge >= 0.3 is 0 Å². The van der Waals surface area contributed by atoms with Crippen molar-refractivity contribution in [3.8, 4) is 22.3 Å². The predicted molar refractivity (Wildman–Crippen MR) is 136 cm³/mol. The maximum Gasteiger partial charge on any atom is 0.150 e. The fourth-order valence-electron chi connectivity index (χ4n) is 5.13. The molecule has 4 rings (SSSR count). The van der Waals surface area contributed by atoms with Gasteiger partial charge in [0.1, 0.15) is 5.82 Å². The fraction of sp³-hybridized carbons (Fsp3) is 0.400. The van der Waals surface area contributed by atoms with E-state index in [0.29, 0.717) is 11.5 Å². The SMILES string of the molecule is CCCCC1CCC(c2ccc(-c3ccc(-c4ccc(CC)cc4)c(Cl)c3F)cc2)CC1. The summed E-state index contributed by atoms with van der Waals surface area (Å²) in [6.07, 6.45) is 10.3. The normalized spacial score (nSPS) is 18.6. The first kappa shape index (κ1) is 23.1. The molecule has 0 bridgehead atoms. The summed E-state index contributed by atoms with van der Waals surface area (Å²) in [6.45, 7) is 4.40. The van der Waals surface area contributed by atoms with Gasteiger partial charge in [-0.15, -0.1) is 0 Å². The minimum Gasteiger partial charge on any atom is -0.205 e. The van der Waals surface area contributed by atoms with Gasteiger partial charge in [-0.05, 0) is 66.2 Å². The van der Waals surface area contributed by atoms with Crippen molar-refractivity contribution in [3.05, 3.63) is 82.6 Å². The maximum atomic E-state index is 15.2. The van der Waals surface area contributed by atoms with Crippen molar-refractivity contribution in [2.24, 2.45) is 5.92 Å². The van der Waals surface area contributed by atoms with E-state index in [1.54, 1.807) is 0 Å². The molecule has 0 unspecified atom stereocenters. The van der Waals surface area contributed by atoms with Crippen LogP contribution < -0.4 is 0 Å². The molecule has 3 aromatic carbocycles. The largest absolute Gasteiger partial charge is 0.205 e. The zero-order valence-corrected chi connectivity index (χ0v) is 20.1. The van der Waals surface area contributed by atoms with Crippen molar-refractivity contribution in [2.45, 2.75) is 71.1 Å². The zero-order valence-electron chi connectivity index (χ0n) is 19.3. The third kappa shape index (κ3) is 5.09. The molecule has 1 aliphatic carbocycles. The number of halogens is 2. The Balaban J connectivity index is 1.49. The third-order valence-corrected chi connectivity index (χ3v) is 7.63. The van der Waals surface area contributed by atoms with Crippen molar-refractivity contribution in [2.75, 3.05) is 0 Å². The van der Waals surface area contributed by atoms with Gasteiger partial charge < -0.3 is 0 Å². The minimum absolute atomic E-state index is 0.196. The topological polar surface area (TPSA) is 0 Å². The second kappa shape index (κ2) is 10.7. The van der Waals surface area contributed by atoms with E-state index in [0.717, 1.165) is 29.0 Å². The monoisotopic (exact) mass is 448 g/mol. The lowest BCUT2D eigenvalue weighted by Crippen LogP contribution is -2.13. The summed E-state index contributed by atoms with van der Waals surface area (Å²) < 4.78 is 15.2. The van der Waals surface area contributed by atoms with E-state index in [9.17, 15) is 0 Å². The Morgan fingerprint density at radius 1 is 0.781 bits per heavy atom. The molecular formula is C30H34ClF. The first-order valence-electron chi connectivity index (χ1n) is 12.3. The molecule has 1 aliphatic rings. The van der Waals surface area contributed by atoms with Crippen LogP contribution in [-0.4, -0.2) is 0 Å². The first-order chi connectivity index (χ1) is 15.6. The highest BCUT2D eigenvalue weighted by Gasteiger charge is 2.22. The van der Waals surface area contributed by atoms with E-state index in [4.69, 9.17) is 11.6 Å². The molecule has 1 saturated carbocycles. The van der Waals surface area contributed by atoms with Gasteiger partial charge in [0.15, 0.2) is 0 Å². The summed E-state index contributed by atoms with van der Waals surface area (Å²) in [5, 5.41) is 0.196. The zero-order chi connectivity index (χ0) is 22.5. The summed E-state index contributed by atoms with van der Waals surface area (Å²) in [7, 11) is 0. The second-order valence-corrected chi connectivity index (χ2v) is 9.70. The smallest absolute Gasteiger partial charge is 0.150 e. The lowest BCUT2D eigenvalue weighted by Gasteiger charge is -2.29. The molecule has 0 atom stereocenters. The molecule has 0 heterocycles. The Morgan fingerprint density at radius 2 is 1.38 bits per heavy atom. The number of hydrogen-bond donors (Lipinski definition) is 0. The molecule has 0 radical (unpaired) electrons. The van der Waals surface area contributed by atoms with Gasteiger partial charge in [0, 0.05) is 11.1 Å². The lowest BCUT2D eigenvalue weighted by atomic mass is 9.77. The Labute approximate surface area is 197 Å². The molecular weight excluding hydrogens is 415 g/mol. The quantitative estimate of drug-likeness (QED) is 0.337. The number of rotatable bonds is 7. The van der Waals surface area contributed by atoms with Crippen molar-refractivity contribution >= 4 is 11.6 Å². The number of aryl methyl sites for hydroxylation is 1. The van der Waals surface area contributed by atoms with Crippen LogP contribution in [0, 0.1) is 11.7 Å². The van der Waals surface area contributed by atoms with Gasteiger partial charge in [0.05, 0.1) is 5.02 Å². The molecule has 32 heavy (non-hydrogen) atoms. The minimum atomic E-state index is -0.340. The van der Waals surface area contributed by atoms with Crippen LogP contribution in [0.5, 0.6) is 0 Å². The molecule has 1 fully saturated rings. The molecule has 168 valence electrons. The fourth-order valence-corrected chi connectivity index (χ4v) is 5.40. The van der Waals surface area contributed by atoms with Crippen LogP contribution in [0.25, 0.3) is 22.3 Å². The third-order valence-electron chi connectivity index (χ3n) is 7.26. The average molecular weight is 449 g/mol. The molecule has 0 aliphatic heterocycles. The van der Waals surface area contributed by atoms with Crippen LogP contribution in [0.1, 0.15) is 75.8 Å². The summed E-state index contributed by atoms with van der Waals surface area (Å²) >= 11 is 6.48. The van der Waals surface area contributed by atoms with E-state index in [1.807, 2.05) is 24.3 Å². The Morgan fingerprint density at radius 3 is 2.00 bits per heavy atom. The van der Waals surface area contributed by atoms with Crippen molar-refractivity contribution in [1.82, 2.24) is 0 Å². The van der Waals surface area contributed by atoms with Gasteiger partial charge in [-0.25, -0.2) is 4.39 Å². The van der Waals surface area contributed by atoms with Gasteiger partial charge in [-0.3, -0.25) is 0 Å². The number of unbranched alkanes of at least 4 members (excludes halogenated alkanes) is 1. The molecule has 0 amide bonds. The maximum absolute atomic E-state index is 15.2. The van der Waals surface area contributed by atoms with Crippen LogP contribution in [0.2, 0.25) is 5.02 Å². The van der Waals surface area contributed by atoms with Crippen LogP contribution >= 0.6 is 11.6 Å².